The second-order valence-electron chi connectivity index (χ2n) is 3.73. The van der Waals surface area contributed by atoms with Gasteiger partial charge in [-0.15, -0.1) is 0 Å². The molecule has 0 spiro atoms. The first kappa shape index (κ1) is 12.0. The van der Waals surface area contributed by atoms with Crippen LogP contribution in [0.3, 0.4) is 0 Å². The Morgan fingerprint density at radius 2 is 2.22 bits per heavy atom. The molecular weight excluding hydrogens is 228 g/mol. The summed E-state index contributed by atoms with van der Waals surface area (Å²) in [6.45, 7) is 2.31. The van der Waals surface area contributed by atoms with Gasteiger partial charge in [0.05, 0.1) is 18.2 Å². The topological polar surface area (TPSA) is 71.6 Å². The molecular formula is C13H12N4O. The molecule has 0 unspecified atom stereocenters. The largest absolute Gasteiger partial charge is 0.271 e. The smallest absolute Gasteiger partial charge is 0.267 e. The highest BCUT2D eigenvalue weighted by molar-refractivity contribution is 5.53. The molecule has 18 heavy (non-hydrogen) atoms. The van der Waals surface area contributed by atoms with Crippen molar-refractivity contribution >= 4 is 0 Å². The predicted octanol–water partition coefficient (Wildman–Crippen LogP) is 1.39. The van der Waals surface area contributed by atoms with Gasteiger partial charge in [-0.05, 0) is 25.1 Å². The molecule has 2 aromatic rings. The number of pyridine rings is 1. The van der Waals surface area contributed by atoms with Gasteiger partial charge in [0.15, 0.2) is 0 Å². The number of nitrogens with zero attached hydrogens (tertiary/aromatic N) is 4. The highest BCUT2D eigenvalue weighted by Gasteiger charge is 2.09. The summed E-state index contributed by atoms with van der Waals surface area (Å²) in [5.74, 6) is 0. The summed E-state index contributed by atoms with van der Waals surface area (Å²) in [5, 5.41) is 13.0. The Balaban J connectivity index is 2.60. The van der Waals surface area contributed by atoms with Crippen LogP contribution < -0.4 is 5.56 Å². The average molecular weight is 240 g/mol. The third-order valence-corrected chi connectivity index (χ3v) is 2.54. The standard InChI is InChI=1S/C13H12N4O/c1-2-17-13(18)10(6-7-14)9-12(16-17)11-5-3-4-8-15-11/h3-5,8-9H,2,6H2,1H3. The van der Waals surface area contributed by atoms with E-state index in [4.69, 9.17) is 5.26 Å². The maximum Gasteiger partial charge on any atom is 0.271 e. The van der Waals surface area contributed by atoms with E-state index in [1.54, 1.807) is 12.3 Å². The molecule has 0 aliphatic heterocycles. The first-order chi connectivity index (χ1) is 8.76. The third-order valence-electron chi connectivity index (χ3n) is 2.54. The number of aryl methyl sites for hydroxylation is 1. The Kier molecular flexibility index (Phi) is 3.49. The predicted molar refractivity (Wildman–Crippen MR) is 66.7 cm³/mol. The highest BCUT2D eigenvalue weighted by atomic mass is 16.1. The van der Waals surface area contributed by atoms with Crippen LogP contribution in [0.5, 0.6) is 0 Å². The summed E-state index contributed by atoms with van der Waals surface area (Å²) in [6, 6.07) is 9.13. The summed E-state index contributed by atoms with van der Waals surface area (Å²) in [6.07, 6.45) is 1.75. The van der Waals surface area contributed by atoms with Crippen LogP contribution in [0.2, 0.25) is 0 Å². The number of hydrogen-bond acceptors (Lipinski definition) is 4. The molecule has 0 radical (unpaired) electrons. The van der Waals surface area contributed by atoms with Gasteiger partial charge >= 0.3 is 0 Å². The number of rotatable bonds is 3. The number of nitriles is 1. The van der Waals surface area contributed by atoms with E-state index < -0.39 is 0 Å². The fourth-order valence-electron chi connectivity index (χ4n) is 1.66. The summed E-state index contributed by atoms with van der Waals surface area (Å²) in [7, 11) is 0. The normalized spacial score (nSPS) is 10.0. The van der Waals surface area contributed by atoms with Gasteiger partial charge in [0, 0.05) is 18.3 Å². The molecule has 0 bridgehead atoms. The monoisotopic (exact) mass is 240 g/mol. The molecule has 0 atom stereocenters. The van der Waals surface area contributed by atoms with E-state index in [1.807, 2.05) is 31.2 Å². The summed E-state index contributed by atoms with van der Waals surface area (Å²) in [5.41, 5.74) is 1.55. The molecule has 2 aromatic heterocycles. The van der Waals surface area contributed by atoms with E-state index in [1.165, 1.54) is 4.68 Å². The zero-order valence-electron chi connectivity index (χ0n) is 10.00. The van der Waals surface area contributed by atoms with Gasteiger partial charge in [-0.2, -0.15) is 10.4 Å². The van der Waals surface area contributed by atoms with E-state index in [9.17, 15) is 4.79 Å². The van der Waals surface area contributed by atoms with Crippen LogP contribution in [0.4, 0.5) is 0 Å². The van der Waals surface area contributed by atoms with E-state index in [0.717, 1.165) is 0 Å². The van der Waals surface area contributed by atoms with Gasteiger partial charge < -0.3 is 0 Å². The van der Waals surface area contributed by atoms with Crippen molar-refractivity contribution in [3.8, 4) is 17.5 Å². The Morgan fingerprint density at radius 1 is 1.39 bits per heavy atom. The van der Waals surface area contributed by atoms with Crippen LogP contribution >= 0.6 is 0 Å². The Morgan fingerprint density at radius 3 is 2.83 bits per heavy atom. The van der Waals surface area contributed by atoms with E-state index >= 15 is 0 Å². The van der Waals surface area contributed by atoms with Gasteiger partial charge in [0.25, 0.3) is 5.56 Å². The molecule has 5 nitrogen and oxygen atoms in total. The van der Waals surface area contributed by atoms with Gasteiger partial charge in [0.2, 0.25) is 0 Å². The van der Waals surface area contributed by atoms with Crippen molar-refractivity contribution in [2.75, 3.05) is 0 Å². The molecule has 2 heterocycles. The lowest BCUT2D eigenvalue weighted by atomic mass is 10.1. The second kappa shape index (κ2) is 5.23. The summed E-state index contributed by atoms with van der Waals surface area (Å²) in [4.78, 5) is 16.1. The average Bonchev–Trinajstić information content (AvgIpc) is 2.42. The fraction of sp³-hybridized carbons (Fsp3) is 0.231. The number of aromatic nitrogens is 3. The molecule has 0 N–H and O–H groups in total. The van der Waals surface area contributed by atoms with E-state index in [-0.39, 0.29) is 12.0 Å². The van der Waals surface area contributed by atoms with Crippen LogP contribution in [0.25, 0.3) is 11.4 Å². The van der Waals surface area contributed by atoms with Crippen molar-refractivity contribution in [3.05, 3.63) is 46.4 Å². The molecule has 90 valence electrons. The van der Waals surface area contributed by atoms with Crippen molar-refractivity contribution < 1.29 is 0 Å². The fourth-order valence-corrected chi connectivity index (χ4v) is 1.66. The molecule has 0 saturated heterocycles. The van der Waals surface area contributed by atoms with Crippen LogP contribution in [-0.4, -0.2) is 14.8 Å². The minimum atomic E-state index is -0.210. The maximum atomic E-state index is 11.9. The Bertz CT molecular complexity index is 640. The van der Waals surface area contributed by atoms with Crippen molar-refractivity contribution in [1.29, 1.82) is 5.26 Å². The van der Waals surface area contributed by atoms with Gasteiger partial charge in [-0.3, -0.25) is 9.78 Å². The molecule has 0 aromatic carbocycles. The van der Waals surface area contributed by atoms with Crippen LogP contribution in [0, 0.1) is 11.3 Å². The zero-order chi connectivity index (χ0) is 13.0. The van der Waals surface area contributed by atoms with Gasteiger partial charge in [0.1, 0.15) is 5.69 Å². The van der Waals surface area contributed by atoms with Crippen molar-refractivity contribution in [3.63, 3.8) is 0 Å². The van der Waals surface area contributed by atoms with E-state index in [2.05, 4.69) is 10.1 Å². The lowest BCUT2D eigenvalue weighted by Crippen LogP contribution is -2.25. The lowest BCUT2D eigenvalue weighted by molar-refractivity contribution is 0.612. The van der Waals surface area contributed by atoms with Crippen LogP contribution in [-0.2, 0) is 13.0 Å². The summed E-state index contributed by atoms with van der Waals surface area (Å²) >= 11 is 0. The molecule has 0 fully saturated rings. The SMILES string of the molecule is CCn1nc(-c2ccccn2)cc(CC#N)c1=O. The second-order valence-corrected chi connectivity index (χ2v) is 3.73. The quantitative estimate of drug-likeness (QED) is 0.812. The first-order valence-electron chi connectivity index (χ1n) is 5.65. The van der Waals surface area contributed by atoms with Gasteiger partial charge in [-0.25, -0.2) is 4.68 Å². The minimum absolute atomic E-state index is 0.0845. The summed E-state index contributed by atoms with van der Waals surface area (Å²) < 4.78 is 1.36. The molecule has 2 rings (SSSR count). The van der Waals surface area contributed by atoms with Crippen molar-refractivity contribution in [2.45, 2.75) is 19.9 Å². The van der Waals surface area contributed by atoms with E-state index in [0.29, 0.717) is 23.5 Å². The lowest BCUT2D eigenvalue weighted by Gasteiger charge is -2.06. The molecule has 5 heteroatoms. The van der Waals surface area contributed by atoms with Crippen molar-refractivity contribution in [2.24, 2.45) is 0 Å². The molecule has 0 aliphatic rings. The van der Waals surface area contributed by atoms with Crippen LogP contribution in [0.15, 0.2) is 35.3 Å². The highest BCUT2D eigenvalue weighted by Crippen LogP contribution is 2.13. The molecule has 0 saturated carbocycles. The zero-order valence-corrected chi connectivity index (χ0v) is 10.00. The van der Waals surface area contributed by atoms with Crippen molar-refractivity contribution in [1.82, 2.24) is 14.8 Å². The molecule has 0 amide bonds. The maximum absolute atomic E-state index is 11.9. The van der Waals surface area contributed by atoms with Gasteiger partial charge in [-0.1, -0.05) is 6.07 Å². The molecule has 0 aliphatic carbocycles. The minimum Gasteiger partial charge on any atom is -0.267 e. The number of hydrogen-bond donors (Lipinski definition) is 0. The van der Waals surface area contributed by atoms with Crippen LogP contribution in [0.1, 0.15) is 12.5 Å². The Hall–Kier alpha value is -2.48. The third kappa shape index (κ3) is 2.28. The first-order valence-corrected chi connectivity index (χ1v) is 5.65. The Labute approximate surface area is 104 Å².